The van der Waals surface area contributed by atoms with E-state index < -0.39 is 10.0 Å². The van der Waals surface area contributed by atoms with Crippen molar-refractivity contribution in [1.29, 1.82) is 0 Å². The highest BCUT2D eigenvalue weighted by Crippen LogP contribution is 2.23. The van der Waals surface area contributed by atoms with Crippen molar-refractivity contribution >= 4 is 15.9 Å². The van der Waals surface area contributed by atoms with Crippen LogP contribution in [0.5, 0.6) is 23.0 Å². The molecule has 0 unspecified atom stereocenters. The highest BCUT2D eigenvalue weighted by Gasteiger charge is 2.13. The van der Waals surface area contributed by atoms with Gasteiger partial charge in [0, 0.05) is 13.1 Å². The van der Waals surface area contributed by atoms with Crippen molar-refractivity contribution in [2.24, 2.45) is 0 Å². The van der Waals surface area contributed by atoms with Crippen molar-refractivity contribution in [2.45, 2.75) is 4.90 Å². The highest BCUT2D eigenvalue weighted by atomic mass is 32.2. The Morgan fingerprint density at radius 1 is 0.781 bits per heavy atom. The van der Waals surface area contributed by atoms with Gasteiger partial charge in [0.1, 0.15) is 23.0 Å². The SMILES string of the molecule is COc1ccc(S(=O)(=O)NCCNC(=O)COc2ccc(Oc3ccccc3)cc2)cc1. The second kappa shape index (κ2) is 11.2. The smallest absolute Gasteiger partial charge is 0.257 e. The van der Waals surface area contributed by atoms with Crippen molar-refractivity contribution in [3.05, 3.63) is 78.9 Å². The minimum atomic E-state index is -3.67. The van der Waals surface area contributed by atoms with Crippen LogP contribution in [0.3, 0.4) is 0 Å². The zero-order chi connectivity index (χ0) is 22.8. The van der Waals surface area contributed by atoms with E-state index in [1.807, 2.05) is 30.3 Å². The van der Waals surface area contributed by atoms with E-state index in [2.05, 4.69) is 10.0 Å². The zero-order valence-electron chi connectivity index (χ0n) is 17.5. The van der Waals surface area contributed by atoms with E-state index in [4.69, 9.17) is 14.2 Å². The van der Waals surface area contributed by atoms with Gasteiger partial charge in [-0.15, -0.1) is 0 Å². The Kier molecular flexibility index (Phi) is 8.07. The number of hydrogen-bond acceptors (Lipinski definition) is 6. The molecule has 0 aliphatic heterocycles. The maximum Gasteiger partial charge on any atom is 0.257 e. The molecule has 0 saturated heterocycles. The van der Waals surface area contributed by atoms with Crippen LogP contribution in [0.2, 0.25) is 0 Å². The molecular weight excluding hydrogens is 432 g/mol. The van der Waals surface area contributed by atoms with Gasteiger partial charge < -0.3 is 19.5 Å². The van der Waals surface area contributed by atoms with Gasteiger partial charge in [-0.2, -0.15) is 0 Å². The lowest BCUT2D eigenvalue weighted by Gasteiger charge is -2.10. The van der Waals surface area contributed by atoms with Gasteiger partial charge in [-0.25, -0.2) is 13.1 Å². The Balaban J connectivity index is 1.36. The summed E-state index contributed by atoms with van der Waals surface area (Å²) in [5.41, 5.74) is 0. The summed E-state index contributed by atoms with van der Waals surface area (Å²) in [5.74, 6) is 2.09. The number of nitrogens with one attached hydrogen (secondary N) is 2. The van der Waals surface area contributed by atoms with Gasteiger partial charge in [-0.1, -0.05) is 18.2 Å². The van der Waals surface area contributed by atoms with Gasteiger partial charge in [0.2, 0.25) is 10.0 Å². The number of benzene rings is 3. The molecule has 0 aliphatic rings. The maximum absolute atomic E-state index is 12.2. The molecule has 0 spiro atoms. The summed E-state index contributed by atoms with van der Waals surface area (Å²) in [7, 11) is -2.16. The Bertz CT molecular complexity index is 1100. The Morgan fingerprint density at radius 3 is 2.03 bits per heavy atom. The average molecular weight is 457 g/mol. The van der Waals surface area contributed by atoms with Crippen LogP contribution in [0.4, 0.5) is 0 Å². The van der Waals surface area contributed by atoms with E-state index in [0.717, 1.165) is 5.75 Å². The molecule has 0 saturated carbocycles. The van der Waals surface area contributed by atoms with E-state index in [1.165, 1.54) is 19.2 Å². The fourth-order valence-electron chi connectivity index (χ4n) is 2.65. The predicted molar refractivity (Wildman–Crippen MR) is 120 cm³/mol. The number of rotatable bonds is 11. The third-order valence-electron chi connectivity index (χ3n) is 4.28. The number of amides is 1. The monoisotopic (exact) mass is 456 g/mol. The van der Waals surface area contributed by atoms with E-state index in [-0.39, 0.29) is 30.5 Å². The molecule has 0 atom stereocenters. The van der Waals surface area contributed by atoms with E-state index in [9.17, 15) is 13.2 Å². The molecule has 1 amide bonds. The van der Waals surface area contributed by atoms with Crippen LogP contribution in [0.25, 0.3) is 0 Å². The molecule has 8 nitrogen and oxygen atoms in total. The molecule has 0 radical (unpaired) electrons. The standard InChI is InChI=1S/C23H24N2O6S/c1-29-18-11-13-22(14-12-18)32(27,28)25-16-15-24-23(26)17-30-19-7-9-21(10-8-19)31-20-5-3-2-4-6-20/h2-14,25H,15-17H2,1H3,(H,24,26). The first-order valence-electron chi connectivity index (χ1n) is 9.82. The van der Waals surface area contributed by atoms with Crippen molar-refractivity contribution in [2.75, 3.05) is 26.8 Å². The summed E-state index contributed by atoms with van der Waals surface area (Å²) in [6, 6.07) is 22.3. The topological polar surface area (TPSA) is 103 Å². The quantitative estimate of drug-likeness (QED) is 0.430. The molecule has 0 aliphatic carbocycles. The molecule has 9 heteroatoms. The molecule has 2 N–H and O–H groups in total. The maximum atomic E-state index is 12.2. The molecule has 0 heterocycles. The summed E-state index contributed by atoms with van der Waals surface area (Å²) >= 11 is 0. The second-order valence-corrected chi connectivity index (χ2v) is 8.37. The van der Waals surface area contributed by atoms with Crippen molar-refractivity contribution < 1.29 is 27.4 Å². The minimum absolute atomic E-state index is 0.0472. The van der Waals surface area contributed by atoms with Crippen LogP contribution in [0.15, 0.2) is 83.8 Å². The number of hydrogen-bond donors (Lipinski definition) is 2. The lowest BCUT2D eigenvalue weighted by Crippen LogP contribution is -2.36. The summed E-state index contributed by atoms with van der Waals surface area (Å²) in [5, 5.41) is 2.60. The number of carbonyl (C=O) groups is 1. The van der Waals surface area contributed by atoms with Crippen molar-refractivity contribution in [3.63, 3.8) is 0 Å². The van der Waals surface area contributed by atoms with Crippen LogP contribution in [-0.2, 0) is 14.8 Å². The number of sulfonamides is 1. The third kappa shape index (κ3) is 7.00. The highest BCUT2D eigenvalue weighted by molar-refractivity contribution is 7.89. The molecule has 0 bridgehead atoms. The minimum Gasteiger partial charge on any atom is -0.497 e. The van der Waals surface area contributed by atoms with Gasteiger partial charge >= 0.3 is 0 Å². The normalized spacial score (nSPS) is 10.9. The van der Waals surface area contributed by atoms with Crippen molar-refractivity contribution in [3.8, 4) is 23.0 Å². The van der Waals surface area contributed by atoms with Crippen molar-refractivity contribution in [1.82, 2.24) is 10.0 Å². The van der Waals surface area contributed by atoms with Gasteiger partial charge in [0.25, 0.3) is 5.91 Å². The fourth-order valence-corrected chi connectivity index (χ4v) is 3.69. The van der Waals surface area contributed by atoms with Gasteiger partial charge in [0.05, 0.1) is 12.0 Å². The number of methoxy groups -OCH3 is 1. The number of carbonyl (C=O) groups excluding carboxylic acids is 1. The lowest BCUT2D eigenvalue weighted by atomic mass is 10.3. The molecule has 3 rings (SSSR count). The largest absolute Gasteiger partial charge is 0.497 e. The summed E-state index contributed by atoms with van der Waals surface area (Å²) in [6.45, 7) is -0.0167. The van der Waals surface area contributed by atoms with E-state index in [1.54, 1.807) is 36.4 Å². The van der Waals surface area contributed by atoms with Crippen LogP contribution < -0.4 is 24.2 Å². The summed E-state index contributed by atoms with van der Waals surface area (Å²) < 4.78 is 43.0. The first kappa shape index (κ1) is 23.1. The molecule has 3 aromatic rings. The number of ether oxygens (including phenoxy) is 3. The fraction of sp³-hybridized carbons (Fsp3) is 0.174. The van der Waals surface area contributed by atoms with Crippen LogP contribution in [0.1, 0.15) is 0 Å². The molecule has 0 aromatic heterocycles. The second-order valence-electron chi connectivity index (χ2n) is 6.60. The Labute approximate surface area is 187 Å². The van der Waals surface area contributed by atoms with Gasteiger partial charge in [-0.3, -0.25) is 4.79 Å². The zero-order valence-corrected chi connectivity index (χ0v) is 18.3. The first-order valence-corrected chi connectivity index (χ1v) is 11.3. The number of para-hydroxylation sites is 1. The summed E-state index contributed by atoms with van der Waals surface area (Å²) in [6.07, 6.45) is 0. The Morgan fingerprint density at radius 2 is 1.38 bits per heavy atom. The molecule has 32 heavy (non-hydrogen) atoms. The van der Waals surface area contributed by atoms with Gasteiger partial charge in [0.15, 0.2) is 6.61 Å². The van der Waals surface area contributed by atoms with Gasteiger partial charge in [-0.05, 0) is 60.7 Å². The Hall–Kier alpha value is -3.56. The van der Waals surface area contributed by atoms with E-state index in [0.29, 0.717) is 17.2 Å². The predicted octanol–water partition coefficient (Wildman–Crippen LogP) is 2.96. The first-order chi connectivity index (χ1) is 15.5. The molecule has 0 fully saturated rings. The third-order valence-corrected chi connectivity index (χ3v) is 5.76. The average Bonchev–Trinajstić information content (AvgIpc) is 2.82. The van der Waals surface area contributed by atoms with E-state index >= 15 is 0 Å². The lowest BCUT2D eigenvalue weighted by molar-refractivity contribution is -0.123. The summed E-state index contributed by atoms with van der Waals surface area (Å²) in [4.78, 5) is 12.1. The van der Waals surface area contributed by atoms with Crippen LogP contribution >= 0.6 is 0 Å². The molecule has 168 valence electrons. The molecular formula is C23H24N2O6S. The van der Waals surface area contributed by atoms with Crippen LogP contribution in [0, 0.1) is 0 Å². The molecule has 3 aromatic carbocycles. The van der Waals surface area contributed by atoms with Crippen LogP contribution in [-0.4, -0.2) is 41.1 Å².